The second-order valence-corrected chi connectivity index (χ2v) is 10.9. The van der Waals surface area contributed by atoms with Crippen LogP contribution in [0.25, 0.3) is 5.69 Å². The minimum atomic E-state index is -0.336. The first kappa shape index (κ1) is 28.7. The second kappa shape index (κ2) is 12.1. The van der Waals surface area contributed by atoms with Gasteiger partial charge in [0, 0.05) is 37.3 Å². The molecule has 1 aromatic heterocycles. The maximum atomic E-state index is 13.3. The van der Waals surface area contributed by atoms with Crippen LogP contribution in [0.4, 0.5) is 5.82 Å². The molecule has 3 aromatic rings. The van der Waals surface area contributed by atoms with Crippen LogP contribution in [0, 0.1) is 13.8 Å². The molecular weight excluding hydrogens is 511 g/mol. The van der Waals surface area contributed by atoms with Crippen molar-refractivity contribution < 1.29 is 14.3 Å². The smallest absolute Gasteiger partial charge is 0.254 e. The summed E-state index contributed by atoms with van der Waals surface area (Å²) in [5.41, 5.74) is 4.03. The van der Waals surface area contributed by atoms with Gasteiger partial charge in [0.05, 0.1) is 21.4 Å². The highest BCUT2D eigenvalue weighted by molar-refractivity contribution is 6.42. The Bertz CT molecular complexity index is 1280. The number of halogens is 2. The zero-order valence-electron chi connectivity index (χ0n) is 22.2. The lowest BCUT2D eigenvalue weighted by molar-refractivity contribution is -0.117. The fourth-order valence-electron chi connectivity index (χ4n) is 3.88. The monoisotopic (exact) mass is 544 g/mol. The zero-order chi connectivity index (χ0) is 27.3. The van der Waals surface area contributed by atoms with Crippen molar-refractivity contribution in [3.05, 3.63) is 74.9 Å². The molecule has 0 bridgehead atoms. The van der Waals surface area contributed by atoms with Gasteiger partial charge in [0.1, 0.15) is 12.4 Å². The summed E-state index contributed by atoms with van der Waals surface area (Å²) in [7, 11) is 1.60. The molecule has 2 aromatic carbocycles. The Kier molecular flexibility index (Phi) is 9.40. The predicted molar refractivity (Wildman–Crippen MR) is 149 cm³/mol. The molecule has 9 heteroatoms. The van der Waals surface area contributed by atoms with Gasteiger partial charge in [-0.25, -0.2) is 4.68 Å². The summed E-state index contributed by atoms with van der Waals surface area (Å²) in [6, 6.07) is 12.6. The van der Waals surface area contributed by atoms with Gasteiger partial charge in [-0.15, -0.1) is 0 Å². The zero-order valence-corrected chi connectivity index (χ0v) is 23.7. The number of amides is 2. The van der Waals surface area contributed by atoms with Gasteiger partial charge < -0.3 is 15.0 Å². The van der Waals surface area contributed by atoms with Crippen LogP contribution < -0.4 is 5.32 Å². The van der Waals surface area contributed by atoms with Crippen molar-refractivity contribution in [1.82, 2.24) is 14.7 Å². The Morgan fingerprint density at radius 3 is 2.41 bits per heavy atom. The highest BCUT2D eigenvalue weighted by Gasteiger charge is 2.24. The van der Waals surface area contributed by atoms with E-state index in [0.717, 1.165) is 22.5 Å². The molecule has 0 saturated heterocycles. The lowest BCUT2D eigenvalue weighted by atomic mass is 9.92. The molecule has 0 aliphatic rings. The van der Waals surface area contributed by atoms with Crippen LogP contribution in [0.5, 0.6) is 0 Å². The molecule has 2 amide bonds. The summed E-state index contributed by atoms with van der Waals surface area (Å²) in [6.07, 6.45) is 0.575. The van der Waals surface area contributed by atoms with Crippen molar-refractivity contribution in [2.24, 2.45) is 0 Å². The number of aryl methyl sites for hydroxylation is 2. The molecule has 0 aliphatic heterocycles. The van der Waals surface area contributed by atoms with Gasteiger partial charge in [-0.05, 0) is 50.1 Å². The molecule has 1 N–H and O–H groups in total. The van der Waals surface area contributed by atoms with Crippen molar-refractivity contribution in [2.75, 3.05) is 32.1 Å². The number of carbonyl (C=O) groups excluding carboxylic acids is 2. The second-order valence-electron chi connectivity index (χ2n) is 10.1. The first-order chi connectivity index (χ1) is 17.4. The summed E-state index contributed by atoms with van der Waals surface area (Å²) < 4.78 is 6.90. The molecule has 7 nitrogen and oxygen atoms in total. The van der Waals surface area contributed by atoms with E-state index in [1.165, 1.54) is 11.0 Å². The van der Waals surface area contributed by atoms with Crippen LogP contribution in [0.3, 0.4) is 0 Å². The number of hydrogen-bond donors (Lipinski definition) is 1. The molecule has 0 unspecified atom stereocenters. The number of benzene rings is 2. The van der Waals surface area contributed by atoms with E-state index in [4.69, 9.17) is 33.0 Å². The van der Waals surface area contributed by atoms with E-state index >= 15 is 0 Å². The third kappa shape index (κ3) is 7.34. The van der Waals surface area contributed by atoms with Crippen LogP contribution in [-0.2, 0) is 14.9 Å². The maximum absolute atomic E-state index is 13.3. The molecular formula is C28H34Cl2N4O3. The minimum Gasteiger partial charge on any atom is -0.385 e. The first-order valence-corrected chi connectivity index (χ1v) is 12.9. The molecule has 0 spiro atoms. The van der Waals surface area contributed by atoms with Crippen LogP contribution in [-0.4, -0.2) is 53.3 Å². The van der Waals surface area contributed by atoms with Gasteiger partial charge in [0.2, 0.25) is 5.91 Å². The fraction of sp³-hybridized carbons (Fsp3) is 0.393. The molecule has 198 valence electrons. The fourth-order valence-corrected chi connectivity index (χ4v) is 4.18. The Morgan fingerprint density at radius 2 is 1.78 bits per heavy atom. The number of ether oxygens (including phenoxy) is 1. The Morgan fingerprint density at radius 1 is 1.05 bits per heavy atom. The van der Waals surface area contributed by atoms with E-state index in [9.17, 15) is 9.59 Å². The van der Waals surface area contributed by atoms with Crippen molar-refractivity contribution in [1.29, 1.82) is 0 Å². The standard InChI is InChI=1S/C28H34Cl2N4O3/c1-18-8-11-23(19(2)14-18)34-25(16-24(32-34)28(3,4)5)31-26(35)17-33(12-7-13-37-6)27(36)20-9-10-21(29)22(30)15-20/h8-11,14-16H,7,12-13,17H2,1-6H3,(H,31,35). The van der Waals surface area contributed by atoms with E-state index in [0.29, 0.717) is 36.0 Å². The third-order valence-electron chi connectivity index (χ3n) is 5.89. The Balaban J connectivity index is 1.89. The largest absolute Gasteiger partial charge is 0.385 e. The average Bonchev–Trinajstić information content (AvgIpc) is 3.23. The summed E-state index contributed by atoms with van der Waals surface area (Å²) in [5.74, 6) is -0.110. The van der Waals surface area contributed by atoms with Gasteiger partial charge in [-0.2, -0.15) is 5.10 Å². The number of nitrogens with one attached hydrogen (secondary N) is 1. The van der Waals surface area contributed by atoms with Gasteiger partial charge in [-0.1, -0.05) is 61.7 Å². The predicted octanol–water partition coefficient (Wildman–Crippen LogP) is 6.21. The normalized spacial score (nSPS) is 11.5. The Labute approximate surface area is 228 Å². The average molecular weight is 546 g/mol. The summed E-state index contributed by atoms with van der Waals surface area (Å²) in [6.45, 7) is 10.9. The number of methoxy groups -OCH3 is 1. The molecule has 0 fully saturated rings. The summed E-state index contributed by atoms with van der Waals surface area (Å²) in [5, 5.41) is 8.43. The van der Waals surface area contributed by atoms with E-state index < -0.39 is 0 Å². The SMILES string of the molecule is COCCCN(CC(=O)Nc1cc(C(C)(C)C)nn1-c1ccc(C)cc1C)C(=O)c1ccc(Cl)c(Cl)c1. The summed E-state index contributed by atoms with van der Waals surface area (Å²) >= 11 is 12.1. The lowest BCUT2D eigenvalue weighted by Crippen LogP contribution is -2.39. The quantitative estimate of drug-likeness (QED) is 0.325. The molecule has 3 rings (SSSR count). The minimum absolute atomic E-state index is 0.147. The van der Waals surface area contributed by atoms with Crippen molar-refractivity contribution >= 4 is 40.8 Å². The van der Waals surface area contributed by atoms with E-state index in [2.05, 4.69) is 32.2 Å². The molecule has 37 heavy (non-hydrogen) atoms. The van der Waals surface area contributed by atoms with Gasteiger partial charge in [0.25, 0.3) is 5.91 Å². The van der Waals surface area contributed by atoms with E-state index in [1.807, 2.05) is 32.0 Å². The summed E-state index contributed by atoms with van der Waals surface area (Å²) in [4.78, 5) is 28.0. The van der Waals surface area contributed by atoms with Gasteiger partial charge in [-0.3, -0.25) is 9.59 Å². The molecule has 1 heterocycles. The Hall–Kier alpha value is -2.87. The van der Waals surface area contributed by atoms with Crippen LogP contribution >= 0.6 is 23.2 Å². The van der Waals surface area contributed by atoms with Gasteiger partial charge in [0.15, 0.2) is 0 Å². The first-order valence-electron chi connectivity index (χ1n) is 12.1. The number of anilines is 1. The number of nitrogens with zero attached hydrogens (tertiary/aromatic N) is 3. The molecule has 0 radical (unpaired) electrons. The van der Waals surface area contributed by atoms with Crippen molar-refractivity contribution in [3.63, 3.8) is 0 Å². The molecule has 0 atom stereocenters. The highest BCUT2D eigenvalue weighted by Crippen LogP contribution is 2.28. The molecule has 0 saturated carbocycles. The van der Waals surface area contributed by atoms with E-state index in [-0.39, 0.29) is 28.8 Å². The highest BCUT2D eigenvalue weighted by atomic mass is 35.5. The van der Waals surface area contributed by atoms with Gasteiger partial charge >= 0.3 is 0 Å². The number of aromatic nitrogens is 2. The van der Waals surface area contributed by atoms with Crippen LogP contribution in [0.2, 0.25) is 10.0 Å². The van der Waals surface area contributed by atoms with E-state index in [1.54, 1.807) is 23.9 Å². The van der Waals surface area contributed by atoms with Crippen LogP contribution in [0.15, 0.2) is 42.5 Å². The number of hydrogen-bond acceptors (Lipinski definition) is 4. The molecule has 0 aliphatic carbocycles. The maximum Gasteiger partial charge on any atom is 0.254 e. The van der Waals surface area contributed by atoms with Crippen molar-refractivity contribution in [2.45, 2.75) is 46.5 Å². The van der Waals surface area contributed by atoms with Crippen LogP contribution in [0.1, 0.15) is 54.4 Å². The number of rotatable bonds is 9. The topological polar surface area (TPSA) is 76.5 Å². The van der Waals surface area contributed by atoms with Crippen molar-refractivity contribution in [3.8, 4) is 5.69 Å². The third-order valence-corrected chi connectivity index (χ3v) is 6.63. The lowest BCUT2D eigenvalue weighted by Gasteiger charge is -2.22. The number of carbonyl (C=O) groups is 2.